The number of nitrogens with zero attached hydrogens (tertiary/aromatic N) is 1. The Morgan fingerprint density at radius 2 is 2.05 bits per heavy atom. The molecule has 0 unspecified atom stereocenters. The van der Waals surface area contributed by atoms with Gasteiger partial charge in [0.15, 0.2) is 0 Å². The molecule has 0 spiro atoms. The maximum atomic E-state index is 13.6. The summed E-state index contributed by atoms with van der Waals surface area (Å²) >= 11 is 1.89. The molecule has 0 fully saturated rings. The fourth-order valence-electron chi connectivity index (χ4n) is 1.83. The Bertz CT molecular complexity index is 415. The molecule has 4 heteroatoms. The summed E-state index contributed by atoms with van der Waals surface area (Å²) in [6.07, 6.45) is 7.04. The summed E-state index contributed by atoms with van der Waals surface area (Å²) in [7, 11) is 0. The van der Waals surface area contributed by atoms with Crippen molar-refractivity contribution in [3.8, 4) is 6.07 Å². The van der Waals surface area contributed by atoms with E-state index in [0.717, 1.165) is 13.0 Å². The number of thioether (sulfide) groups is 1. The van der Waals surface area contributed by atoms with Crippen molar-refractivity contribution in [1.29, 1.82) is 5.26 Å². The molecule has 0 amide bonds. The minimum absolute atomic E-state index is 0.300. The Balaban J connectivity index is 2.14. The summed E-state index contributed by atoms with van der Waals surface area (Å²) < 4.78 is 13.6. The van der Waals surface area contributed by atoms with Crippen molar-refractivity contribution in [2.45, 2.75) is 32.2 Å². The van der Waals surface area contributed by atoms with Crippen LogP contribution in [0.25, 0.3) is 0 Å². The predicted molar refractivity (Wildman–Crippen MR) is 79.7 cm³/mol. The second-order valence-corrected chi connectivity index (χ2v) is 5.49. The van der Waals surface area contributed by atoms with Crippen LogP contribution < -0.4 is 5.32 Å². The Hall–Kier alpha value is -1.05. The number of nitrogens with one attached hydrogen (secondary N) is 1. The summed E-state index contributed by atoms with van der Waals surface area (Å²) in [6.45, 7) is 1.45. The van der Waals surface area contributed by atoms with Crippen LogP contribution in [0.3, 0.4) is 0 Å². The Morgan fingerprint density at radius 1 is 1.26 bits per heavy atom. The van der Waals surface area contributed by atoms with Gasteiger partial charge in [-0.2, -0.15) is 17.0 Å². The van der Waals surface area contributed by atoms with E-state index in [0.29, 0.717) is 17.7 Å². The van der Waals surface area contributed by atoms with Crippen molar-refractivity contribution < 1.29 is 4.39 Å². The molecule has 1 rings (SSSR count). The van der Waals surface area contributed by atoms with Gasteiger partial charge in [-0.05, 0) is 43.5 Å². The first kappa shape index (κ1) is 16.0. The highest BCUT2D eigenvalue weighted by molar-refractivity contribution is 7.98. The van der Waals surface area contributed by atoms with Crippen molar-refractivity contribution >= 4 is 11.8 Å². The van der Waals surface area contributed by atoms with Crippen molar-refractivity contribution in [2.24, 2.45) is 0 Å². The molecule has 1 aromatic carbocycles. The fourth-order valence-corrected chi connectivity index (χ4v) is 2.33. The fraction of sp³-hybridized carbons (Fsp3) is 0.533. The maximum absolute atomic E-state index is 13.6. The molecule has 104 valence electrons. The number of halogens is 1. The SMILES string of the molecule is CSCCCCCCNCc1ccc(C#N)cc1F. The van der Waals surface area contributed by atoms with E-state index < -0.39 is 0 Å². The number of nitriles is 1. The van der Waals surface area contributed by atoms with Gasteiger partial charge in [0, 0.05) is 12.1 Å². The van der Waals surface area contributed by atoms with Crippen molar-refractivity contribution in [2.75, 3.05) is 18.6 Å². The van der Waals surface area contributed by atoms with Gasteiger partial charge in [0.1, 0.15) is 5.82 Å². The molecular formula is C15H21FN2S. The lowest BCUT2D eigenvalue weighted by Crippen LogP contribution is -2.15. The summed E-state index contributed by atoms with van der Waals surface area (Å²) in [5.41, 5.74) is 0.997. The highest BCUT2D eigenvalue weighted by Crippen LogP contribution is 2.10. The van der Waals surface area contributed by atoms with E-state index in [-0.39, 0.29) is 5.82 Å². The minimum atomic E-state index is -0.300. The van der Waals surface area contributed by atoms with Gasteiger partial charge in [0.2, 0.25) is 0 Å². The summed E-state index contributed by atoms with van der Waals surface area (Å²) in [5, 5.41) is 11.9. The molecule has 0 bridgehead atoms. The molecule has 0 aliphatic heterocycles. The molecule has 0 aliphatic carbocycles. The Labute approximate surface area is 119 Å². The van der Waals surface area contributed by atoms with Crippen LogP contribution in [0.1, 0.15) is 36.8 Å². The van der Waals surface area contributed by atoms with Gasteiger partial charge in [-0.15, -0.1) is 0 Å². The standard InChI is InChI=1S/C15H21FN2S/c1-19-9-5-3-2-4-8-18-12-14-7-6-13(11-17)10-15(14)16/h6-7,10,18H,2-5,8-9,12H2,1H3. The lowest BCUT2D eigenvalue weighted by molar-refractivity contribution is 0.567. The Kier molecular flexibility index (Phi) is 8.28. The molecule has 0 atom stereocenters. The number of benzene rings is 1. The monoisotopic (exact) mass is 280 g/mol. The van der Waals surface area contributed by atoms with Crippen LogP contribution >= 0.6 is 11.8 Å². The molecule has 0 aliphatic rings. The van der Waals surface area contributed by atoms with E-state index in [4.69, 9.17) is 5.26 Å². The van der Waals surface area contributed by atoms with Crippen LogP contribution in [0.4, 0.5) is 4.39 Å². The minimum Gasteiger partial charge on any atom is -0.313 e. The third-order valence-electron chi connectivity index (χ3n) is 2.95. The highest BCUT2D eigenvalue weighted by Gasteiger charge is 2.02. The predicted octanol–water partition coefficient (Wildman–Crippen LogP) is 3.71. The zero-order valence-corrected chi connectivity index (χ0v) is 12.2. The normalized spacial score (nSPS) is 10.4. The average Bonchev–Trinajstić information content (AvgIpc) is 2.43. The number of hydrogen-bond donors (Lipinski definition) is 1. The van der Waals surface area contributed by atoms with E-state index in [1.165, 1.54) is 31.1 Å². The second-order valence-electron chi connectivity index (χ2n) is 4.50. The first-order valence-corrected chi connectivity index (χ1v) is 8.05. The molecule has 0 saturated heterocycles. The maximum Gasteiger partial charge on any atom is 0.129 e. The zero-order chi connectivity index (χ0) is 13.9. The van der Waals surface area contributed by atoms with Gasteiger partial charge in [-0.25, -0.2) is 4.39 Å². The first-order valence-electron chi connectivity index (χ1n) is 6.66. The largest absolute Gasteiger partial charge is 0.313 e. The van der Waals surface area contributed by atoms with E-state index in [2.05, 4.69) is 11.6 Å². The van der Waals surface area contributed by atoms with Crippen molar-refractivity contribution in [1.82, 2.24) is 5.32 Å². The molecule has 19 heavy (non-hydrogen) atoms. The second kappa shape index (κ2) is 9.82. The van der Waals surface area contributed by atoms with Crippen LogP contribution in [0, 0.1) is 17.1 Å². The molecule has 1 N–H and O–H groups in total. The van der Waals surface area contributed by atoms with Gasteiger partial charge < -0.3 is 5.32 Å². The van der Waals surface area contributed by atoms with E-state index >= 15 is 0 Å². The highest BCUT2D eigenvalue weighted by atomic mass is 32.2. The summed E-state index contributed by atoms with van der Waals surface area (Å²) in [4.78, 5) is 0. The summed E-state index contributed by atoms with van der Waals surface area (Å²) in [5.74, 6) is 0.940. The number of hydrogen-bond acceptors (Lipinski definition) is 3. The lowest BCUT2D eigenvalue weighted by Gasteiger charge is -2.06. The van der Waals surface area contributed by atoms with E-state index in [1.54, 1.807) is 12.1 Å². The number of unbranched alkanes of at least 4 members (excludes halogenated alkanes) is 3. The van der Waals surface area contributed by atoms with Crippen LogP contribution in [-0.4, -0.2) is 18.6 Å². The van der Waals surface area contributed by atoms with Gasteiger partial charge in [0.05, 0.1) is 11.6 Å². The molecular weight excluding hydrogens is 259 g/mol. The molecule has 0 aromatic heterocycles. The van der Waals surface area contributed by atoms with Crippen LogP contribution in [0.15, 0.2) is 18.2 Å². The summed E-state index contributed by atoms with van der Waals surface area (Å²) in [6, 6.07) is 6.56. The third-order valence-corrected chi connectivity index (χ3v) is 3.65. The molecule has 1 aromatic rings. The quantitative estimate of drug-likeness (QED) is 0.700. The molecule has 0 saturated carbocycles. The zero-order valence-electron chi connectivity index (χ0n) is 11.4. The van der Waals surface area contributed by atoms with Crippen molar-refractivity contribution in [3.63, 3.8) is 0 Å². The van der Waals surface area contributed by atoms with Crippen LogP contribution in [-0.2, 0) is 6.54 Å². The van der Waals surface area contributed by atoms with Crippen LogP contribution in [0.2, 0.25) is 0 Å². The van der Waals surface area contributed by atoms with E-state index in [9.17, 15) is 4.39 Å². The lowest BCUT2D eigenvalue weighted by atomic mass is 10.1. The van der Waals surface area contributed by atoms with E-state index in [1.807, 2.05) is 17.8 Å². The van der Waals surface area contributed by atoms with Crippen LogP contribution in [0.5, 0.6) is 0 Å². The number of rotatable bonds is 9. The Morgan fingerprint density at radius 3 is 2.74 bits per heavy atom. The third kappa shape index (κ3) is 6.60. The molecule has 0 heterocycles. The molecule has 0 radical (unpaired) electrons. The van der Waals surface area contributed by atoms with Gasteiger partial charge in [-0.1, -0.05) is 18.9 Å². The molecule has 2 nitrogen and oxygen atoms in total. The van der Waals surface area contributed by atoms with Gasteiger partial charge in [0.25, 0.3) is 0 Å². The average molecular weight is 280 g/mol. The smallest absolute Gasteiger partial charge is 0.129 e. The van der Waals surface area contributed by atoms with Gasteiger partial charge >= 0.3 is 0 Å². The topological polar surface area (TPSA) is 35.8 Å². The van der Waals surface area contributed by atoms with Crippen molar-refractivity contribution in [3.05, 3.63) is 35.1 Å². The first-order chi connectivity index (χ1) is 9.27. The van der Waals surface area contributed by atoms with Gasteiger partial charge in [-0.3, -0.25) is 0 Å².